The summed E-state index contributed by atoms with van der Waals surface area (Å²) in [6.07, 6.45) is 6.94. The molecule has 0 bridgehead atoms. The number of amides is 1. The molecule has 1 N–H and O–H groups in total. The fraction of sp³-hybridized carbons (Fsp3) is 0.562. The van der Waals surface area contributed by atoms with Crippen molar-refractivity contribution in [2.45, 2.75) is 43.6 Å². The number of methoxy groups -OCH3 is 1. The quantitative estimate of drug-likeness (QED) is 0.905. The van der Waals surface area contributed by atoms with Crippen LogP contribution in [0.25, 0.3) is 0 Å². The molecule has 1 aromatic carbocycles. The first kappa shape index (κ1) is 15.4. The zero-order valence-electron chi connectivity index (χ0n) is 12.2. The average Bonchev–Trinajstić information content (AvgIpc) is 2.49. The van der Waals surface area contributed by atoms with E-state index in [1.54, 1.807) is 7.11 Å². The summed E-state index contributed by atoms with van der Waals surface area (Å²) < 4.78 is 5.08. The van der Waals surface area contributed by atoms with Crippen LogP contribution in [0.5, 0.6) is 0 Å². The van der Waals surface area contributed by atoms with Crippen LogP contribution in [0.3, 0.4) is 0 Å². The molecule has 0 aliphatic heterocycles. The number of carbonyl (C=O) groups excluding carboxylic acids is 1. The summed E-state index contributed by atoms with van der Waals surface area (Å²) in [5, 5.41) is 3.75. The third kappa shape index (κ3) is 4.00. The summed E-state index contributed by atoms with van der Waals surface area (Å²) in [5.41, 5.74) is 1.82. The third-order valence-electron chi connectivity index (χ3n) is 3.85. The predicted molar refractivity (Wildman–Crippen MR) is 84.2 cm³/mol. The summed E-state index contributed by atoms with van der Waals surface area (Å²) in [5.74, 6) is 0.0416. The first-order valence-corrected chi connectivity index (χ1v) is 8.45. The Morgan fingerprint density at radius 3 is 2.65 bits per heavy atom. The molecule has 0 saturated heterocycles. The average molecular weight is 293 g/mol. The van der Waals surface area contributed by atoms with Gasteiger partial charge in [0.1, 0.15) is 0 Å². The van der Waals surface area contributed by atoms with E-state index in [1.807, 2.05) is 36.0 Å². The normalized spacial score (nSPS) is 22.5. The van der Waals surface area contributed by atoms with Crippen molar-refractivity contribution in [1.29, 1.82) is 0 Å². The summed E-state index contributed by atoms with van der Waals surface area (Å²) >= 11 is 1.87. The molecule has 0 spiro atoms. The van der Waals surface area contributed by atoms with Gasteiger partial charge in [0.15, 0.2) is 0 Å². The first-order chi connectivity index (χ1) is 9.74. The molecule has 2 rings (SSSR count). The van der Waals surface area contributed by atoms with Gasteiger partial charge in [0.05, 0.1) is 6.61 Å². The molecule has 1 fully saturated rings. The topological polar surface area (TPSA) is 38.3 Å². The Kier molecular flexibility index (Phi) is 5.92. The van der Waals surface area contributed by atoms with Gasteiger partial charge in [-0.3, -0.25) is 4.79 Å². The molecule has 3 nitrogen and oxygen atoms in total. The molecule has 2 atom stereocenters. The number of benzene rings is 1. The second-order valence-corrected chi connectivity index (χ2v) is 6.35. The molecule has 1 saturated carbocycles. The van der Waals surface area contributed by atoms with Crippen molar-refractivity contribution >= 4 is 17.7 Å². The maximum absolute atomic E-state index is 12.3. The molecule has 4 heteroatoms. The van der Waals surface area contributed by atoms with E-state index < -0.39 is 0 Å². The highest BCUT2D eigenvalue weighted by Crippen LogP contribution is 2.27. The predicted octanol–water partition coefficient (Wildman–Crippen LogP) is 3.24. The van der Waals surface area contributed by atoms with Gasteiger partial charge in [0.2, 0.25) is 0 Å². The van der Waals surface area contributed by atoms with Gasteiger partial charge < -0.3 is 10.1 Å². The van der Waals surface area contributed by atoms with Crippen molar-refractivity contribution in [2.75, 3.05) is 13.4 Å². The van der Waals surface area contributed by atoms with E-state index in [0.717, 1.165) is 17.5 Å². The van der Waals surface area contributed by atoms with E-state index in [-0.39, 0.29) is 5.91 Å². The number of hydrogen-bond donors (Lipinski definition) is 1. The van der Waals surface area contributed by atoms with Crippen molar-refractivity contribution in [2.24, 2.45) is 0 Å². The Labute approximate surface area is 125 Å². The van der Waals surface area contributed by atoms with Crippen LogP contribution in [0.1, 0.15) is 41.6 Å². The van der Waals surface area contributed by atoms with Crippen molar-refractivity contribution in [3.63, 3.8) is 0 Å². The molecule has 0 aromatic heterocycles. The zero-order valence-corrected chi connectivity index (χ0v) is 13.0. The molecule has 110 valence electrons. The van der Waals surface area contributed by atoms with Crippen molar-refractivity contribution in [1.82, 2.24) is 5.32 Å². The fourth-order valence-electron chi connectivity index (χ4n) is 2.71. The van der Waals surface area contributed by atoms with Crippen LogP contribution in [-0.4, -0.2) is 30.6 Å². The van der Waals surface area contributed by atoms with E-state index in [9.17, 15) is 4.79 Å². The number of ether oxygens (including phenoxy) is 1. The lowest BCUT2D eigenvalue weighted by Gasteiger charge is -2.30. The van der Waals surface area contributed by atoms with Gasteiger partial charge in [0, 0.05) is 24.0 Å². The molecular formula is C16H23NO2S. The fourth-order valence-corrected chi connectivity index (χ4v) is 3.65. The van der Waals surface area contributed by atoms with Crippen LogP contribution in [-0.2, 0) is 11.3 Å². The zero-order chi connectivity index (χ0) is 14.4. The maximum atomic E-state index is 12.3. The van der Waals surface area contributed by atoms with Crippen LogP contribution in [0.2, 0.25) is 0 Å². The first-order valence-electron chi connectivity index (χ1n) is 7.16. The number of thioether (sulfide) groups is 1. The highest BCUT2D eigenvalue weighted by molar-refractivity contribution is 7.99. The van der Waals surface area contributed by atoms with Gasteiger partial charge in [-0.1, -0.05) is 25.0 Å². The van der Waals surface area contributed by atoms with E-state index in [4.69, 9.17) is 4.74 Å². The van der Waals surface area contributed by atoms with Crippen molar-refractivity contribution in [3.8, 4) is 0 Å². The SMILES string of the molecule is COCc1ccc(C(=O)N[C@@H]2CCCC[C@@H]2SC)cc1. The molecule has 1 aromatic rings. The Morgan fingerprint density at radius 2 is 2.00 bits per heavy atom. The summed E-state index contributed by atoms with van der Waals surface area (Å²) in [6, 6.07) is 7.96. The highest BCUT2D eigenvalue weighted by Gasteiger charge is 2.25. The van der Waals surface area contributed by atoms with E-state index in [0.29, 0.717) is 17.9 Å². The largest absolute Gasteiger partial charge is 0.380 e. The van der Waals surface area contributed by atoms with Crippen molar-refractivity contribution < 1.29 is 9.53 Å². The minimum Gasteiger partial charge on any atom is -0.380 e. The van der Waals surface area contributed by atoms with Crippen LogP contribution < -0.4 is 5.32 Å². The lowest BCUT2D eigenvalue weighted by Crippen LogP contribution is -2.43. The summed E-state index contributed by atoms with van der Waals surface area (Å²) in [6.45, 7) is 0.582. The number of rotatable bonds is 5. The molecule has 1 aliphatic rings. The van der Waals surface area contributed by atoms with E-state index in [1.165, 1.54) is 19.3 Å². The Hall–Kier alpha value is -1.00. The Bertz CT molecular complexity index is 433. The summed E-state index contributed by atoms with van der Waals surface area (Å²) in [4.78, 5) is 12.3. The van der Waals surface area contributed by atoms with E-state index in [2.05, 4.69) is 11.6 Å². The second kappa shape index (κ2) is 7.70. The Morgan fingerprint density at radius 1 is 1.30 bits per heavy atom. The number of carbonyl (C=O) groups is 1. The lowest BCUT2D eigenvalue weighted by atomic mass is 9.94. The number of nitrogens with one attached hydrogen (secondary N) is 1. The highest BCUT2D eigenvalue weighted by atomic mass is 32.2. The van der Waals surface area contributed by atoms with Gasteiger partial charge in [0.25, 0.3) is 5.91 Å². The van der Waals surface area contributed by atoms with Crippen LogP contribution in [0.15, 0.2) is 24.3 Å². The van der Waals surface area contributed by atoms with E-state index >= 15 is 0 Å². The Balaban J connectivity index is 1.96. The minimum atomic E-state index is 0.0416. The van der Waals surface area contributed by atoms with Gasteiger partial charge in [-0.05, 0) is 36.8 Å². The standard InChI is InChI=1S/C16H23NO2S/c1-19-11-12-7-9-13(10-8-12)16(18)17-14-5-3-4-6-15(14)20-2/h7-10,14-15H,3-6,11H2,1-2H3,(H,17,18)/t14-,15+/m1/s1. The third-order valence-corrected chi connectivity index (χ3v) is 5.02. The van der Waals surface area contributed by atoms with Crippen molar-refractivity contribution in [3.05, 3.63) is 35.4 Å². The molecule has 1 amide bonds. The molecule has 1 aliphatic carbocycles. The molecule has 0 unspecified atom stereocenters. The van der Waals surface area contributed by atoms with Gasteiger partial charge in [-0.2, -0.15) is 11.8 Å². The molecule has 0 heterocycles. The van der Waals surface area contributed by atoms with Gasteiger partial charge in [-0.15, -0.1) is 0 Å². The second-order valence-electron chi connectivity index (χ2n) is 5.27. The maximum Gasteiger partial charge on any atom is 0.251 e. The lowest BCUT2D eigenvalue weighted by molar-refractivity contribution is 0.0929. The molecule has 20 heavy (non-hydrogen) atoms. The summed E-state index contributed by atoms with van der Waals surface area (Å²) in [7, 11) is 1.67. The van der Waals surface area contributed by atoms with Crippen LogP contribution in [0.4, 0.5) is 0 Å². The smallest absolute Gasteiger partial charge is 0.251 e. The number of hydrogen-bond acceptors (Lipinski definition) is 3. The monoisotopic (exact) mass is 293 g/mol. The molecule has 0 radical (unpaired) electrons. The molecular weight excluding hydrogens is 270 g/mol. The van der Waals surface area contributed by atoms with Crippen LogP contribution >= 0.6 is 11.8 Å². The van der Waals surface area contributed by atoms with Crippen LogP contribution in [0, 0.1) is 0 Å². The minimum absolute atomic E-state index is 0.0416. The van der Waals surface area contributed by atoms with Gasteiger partial charge >= 0.3 is 0 Å². The van der Waals surface area contributed by atoms with Gasteiger partial charge in [-0.25, -0.2) is 0 Å².